The number of nitrogen functional groups attached to an aromatic ring is 1. The number of anilines is 2. The fourth-order valence-electron chi connectivity index (χ4n) is 1.20. The molecule has 17 heavy (non-hydrogen) atoms. The smallest absolute Gasteiger partial charge is 0.161 e. The molecular weight excluding hydrogens is 279 g/mol. The lowest BCUT2D eigenvalue weighted by atomic mass is 10.3. The molecule has 0 amide bonds. The monoisotopic (exact) mass is 294 g/mol. The van der Waals surface area contributed by atoms with Crippen LogP contribution in [-0.2, 0) is 0 Å². The SMILES string of the molecule is CSC(C)CCNc1nc(NN)c(Cl)cc1Cl. The summed E-state index contributed by atoms with van der Waals surface area (Å²) < 4.78 is 0. The molecule has 0 saturated carbocycles. The topological polar surface area (TPSA) is 63.0 Å². The summed E-state index contributed by atoms with van der Waals surface area (Å²) in [6.07, 6.45) is 3.13. The van der Waals surface area contributed by atoms with Crippen molar-refractivity contribution in [3.63, 3.8) is 0 Å². The van der Waals surface area contributed by atoms with Crippen molar-refractivity contribution in [2.75, 3.05) is 23.5 Å². The Morgan fingerprint density at radius 2 is 2.06 bits per heavy atom. The van der Waals surface area contributed by atoms with Crippen LogP contribution >= 0.6 is 35.0 Å². The van der Waals surface area contributed by atoms with Crippen molar-refractivity contribution in [1.29, 1.82) is 0 Å². The third-order valence-corrected chi connectivity index (χ3v) is 3.93. The van der Waals surface area contributed by atoms with Gasteiger partial charge in [-0.25, -0.2) is 10.8 Å². The van der Waals surface area contributed by atoms with Gasteiger partial charge >= 0.3 is 0 Å². The van der Waals surface area contributed by atoms with Crippen LogP contribution in [0.2, 0.25) is 10.0 Å². The number of halogens is 2. The van der Waals surface area contributed by atoms with Crippen LogP contribution < -0.4 is 16.6 Å². The molecule has 1 aromatic heterocycles. The predicted molar refractivity (Wildman–Crippen MR) is 78.2 cm³/mol. The van der Waals surface area contributed by atoms with Crippen molar-refractivity contribution in [2.45, 2.75) is 18.6 Å². The quantitative estimate of drug-likeness (QED) is 0.555. The van der Waals surface area contributed by atoms with E-state index in [-0.39, 0.29) is 0 Å². The molecule has 1 rings (SSSR count). The number of aromatic nitrogens is 1. The van der Waals surface area contributed by atoms with Gasteiger partial charge in [-0.1, -0.05) is 30.1 Å². The maximum Gasteiger partial charge on any atom is 0.161 e. The van der Waals surface area contributed by atoms with Crippen molar-refractivity contribution in [2.24, 2.45) is 5.84 Å². The number of nitrogens with one attached hydrogen (secondary N) is 2. The summed E-state index contributed by atoms with van der Waals surface area (Å²) in [5.74, 6) is 6.31. The summed E-state index contributed by atoms with van der Waals surface area (Å²) >= 11 is 13.7. The molecule has 0 fully saturated rings. The number of pyridine rings is 1. The van der Waals surface area contributed by atoms with Gasteiger partial charge in [0.2, 0.25) is 0 Å². The van der Waals surface area contributed by atoms with E-state index in [2.05, 4.69) is 28.9 Å². The highest BCUT2D eigenvalue weighted by molar-refractivity contribution is 7.99. The molecule has 0 aliphatic carbocycles. The fourth-order valence-corrected chi connectivity index (χ4v) is 2.04. The average Bonchev–Trinajstić information content (AvgIpc) is 2.31. The van der Waals surface area contributed by atoms with Crippen LogP contribution in [0.3, 0.4) is 0 Å². The average molecular weight is 295 g/mol. The number of nitrogens with zero attached hydrogens (tertiary/aromatic N) is 1. The number of thioether (sulfide) groups is 1. The lowest BCUT2D eigenvalue weighted by molar-refractivity contribution is 0.850. The lowest BCUT2D eigenvalue weighted by Gasteiger charge is -2.12. The molecule has 7 heteroatoms. The molecule has 1 heterocycles. The molecule has 4 N–H and O–H groups in total. The lowest BCUT2D eigenvalue weighted by Crippen LogP contribution is -2.13. The zero-order valence-corrected chi connectivity index (χ0v) is 12.1. The molecule has 0 spiro atoms. The minimum Gasteiger partial charge on any atom is -0.369 e. The van der Waals surface area contributed by atoms with E-state index in [1.165, 1.54) is 0 Å². The largest absolute Gasteiger partial charge is 0.369 e. The zero-order valence-electron chi connectivity index (χ0n) is 9.76. The molecule has 0 aliphatic rings. The van der Waals surface area contributed by atoms with Gasteiger partial charge in [-0.05, 0) is 18.7 Å². The molecule has 1 unspecified atom stereocenters. The Balaban J connectivity index is 2.64. The maximum atomic E-state index is 6.02. The van der Waals surface area contributed by atoms with Gasteiger partial charge in [-0.2, -0.15) is 11.8 Å². The summed E-state index contributed by atoms with van der Waals surface area (Å²) in [7, 11) is 0. The molecule has 96 valence electrons. The van der Waals surface area contributed by atoms with Crippen LogP contribution in [0.4, 0.5) is 11.6 Å². The first-order chi connectivity index (χ1) is 8.08. The van der Waals surface area contributed by atoms with Crippen LogP contribution in [0.15, 0.2) is 6.07 Å². The Morgan fingerprint density at radius 3 is 2.65 bits per heavy atom. The Hall–Kier alpha value is -0.360. The zero-order chi connectivity index (χ0) is 12.8. The highest BCUT2D eigenvalue weighted by Gasteiger charge is 2.08. The van der Waals surface area contributed by atoms with E-state index in [4.69, 9.17) is 29.0 Å². The van der Waals surface area contributed by atoms with Gasteiger partial charge in [0.1, 0.15) is 5.82 Å². The van der Waals surface area contributed by atoms with Crippen molar-refractivity contribution in [3.05, 3.63) is 16.1 Å². The summed E-state index contributed by atoms with van der Waals surface area (Å²) in [5, 5.41) is 4.66. The van der Waals surface area contributed by atoms with Gasteiger partial charge in [-0.3, -0.25) is 0 Å². The molecule has 0 saturated heterocycles. The first-order valence-electron chi connectivity index (χ1n) is 5.17. The Labute approximate surface area is 116 Å². The van der Waals surface area contributed by atoms with E-state index in [0.29, 0.717) is 26.9 Å². The van der Waals surface area contributed by atoms with Gasteiger partial charge in [-0.15, -0.1) is 0 Å². The molecule has 0 bridgehead atoms. The van der Waals surface area contributed by atoms with Gasteiger partial charge in [0, 0.05) is 11.8 Å². The normalized spacial score (nSPS) is 12.3. The van der Waals surface area contributed by atoms with E-state index in [0.717, 1.165) is 13.0 Å². The van der Waals surface area contributed by atoms with Crippen LogP contribution in [0.5, 0.6) is 0 Å². The standard InChI is InChI=1S/C10H16Cl2N4S/c1-6(17-2)3-4-14-9-7(11)5-8(12)10(15-9)16-13/h5-6H,3-4,13H2,1-2H3,(H2,14,15,16). The van der Waals surface area contributed by atoms with E-state index in [1.54, 1.807) is 6.07 Å². The fraction of sp³-hybridized carbons (Fsp3) is 0.500. The maximum absolute atomic E-state index is 6.02. The highest BCUT2D eigenvalue weighted by Crippen LogP contribution is 2.28. The molecule has 4 nitrogen and oxygen atoms in total. The molecule has 0 aliphatic heterocycles. The molecular formula is C10H16Cl2N4S. The minimum absolute atomic E-state index is 0.403. The van der Waals surface area contributed by atoms with E-state index >= 15 is 0 Å². The Kier molecular flexibility index (Phi) is 6.19. The van der Waals surface area contributed by atoms with Gasteiger partial charge in [0.05, 0.1) is 10.0 Å². The Morgan fingerprint density at radius 1 is 1.41 bits per heavy atom. The number of hydrogen-bond donors (Lipinski definition) is 3. The number of rotatable bonds is 6. The first kappa shape index (κ1) is 14.7. The Bertz CT molecular complexity index is 376. The molecule has 0 radical (unpaired) electrons. The van der Waals surface area contributed by atoms with E-state index < -0.39 is 0 Å². The van der Waals surface area contributed by atoms with Crippen LogP contribution in [0.1, 0.15) is 13.3 Å². The highest BCUT2D eigenvalue weighted by atomic mass is 35.5. The van der Waals surface area contributed by atoms with Crippen molar-refractivity contribution >= 4 is 46.6 Å². The first-order valence-corrected chi connectivity index (χ1v) is 7.22. The second kappa shape index (κ2) is 7.16. The van der Waals surface area contributed by atoms with Crippen LogP contribution in [-0.4, -0.2) is 23.0 Å². The molecule has 1 atom stereocenters. The number of hydrogen-bond acceptors (Lipinski definition) is 5. The summed E-state index contributed by atoms with van der Waals surface area (Å²) in [6.45, 7) is 2.98. The van der Waals surface area contributed by atoms with Crippen molar-refractivity contribution in [1.82, 2.24) is 4.98 Å². The third-order valence-electron chi connectivity index (χ3n) is 2.31. The van der Waals surface area contributed by atoms with Crippen molar-refractivity contribution < 1.29 is 0 Å². The minimum atomic E-state index is 0.403. The predicted octanol–water partition coefficient (Wildman–Crippen LogP) is 3.23. The van der Waals surface area contributed by atoms with Crippen LogP contribution in [0.25, 0.3) is 0 Å². The number of hydrazine groups is 1. The molecule has 0 aromatic carbocycles. The van der Waals surface area contributed by atoms with Gasteiger partial charge in [0.15, 0.2) is 5.82 Å². The second-order valence-corrected chi connectivity index (χ2v) is 5.65. The van der Waals surface area contributed by atoms with Crippen LogP contribution in [0, 0.1) is 0 Å². The summed E-state index contributed by atoms with van der Waals surface area (Å²) in [5.41, 5.74) is 2.43. The van der Waals surface area contributed by atoms with E-state index in [1.807, 2.05) is 11.8 Å². The number of nitrogens with two attached hydrogens (primary N) is 1. The third kappa shape index (κ3) is 4.43. The summed E-state index contributed by atoms with van der Waals surface area (Å²) in [4.78, 5) is 4.20. The van der Waals surface area contributed by atoms with Crippen molar-refractivity contribution in [3.8, 4) is 0 Å². The molecule has 1 aromatic rings. The van der Waals surface area contributed by atoms with Gasteiger partial charge < -0.3 is 10.7 Å². The van der Waals surface area contributed by atoms with Gasteiger partial charge in [0.25, 0.3) is 0 Å². The summed E-state index contributed by atoms with van der Waals surface area (Å²) in [6, 6.07) is 1.62. The van der Waals surface area contributed by atoms with E-state index in [9.17, 15) is 0 Å². The second-order valence-electron chi connectivity index (χ2n) is 3.56.